The Labute approximate surface area is 137 Å². The van der Waals surface area contributed by atoms with E-state index in [0.29, 0.717) is 17.0 Å². The van der Waals surface area contributed by atoms with E-state index in [0.717, 1.165) is 0 Å². The second kappa shape index (κ2) is 7.03. The van der Waals surface area contributed by atoms with Crippen LogP contribution in [0.25, 0.3) is 0 Å². The molecule has 8 nitrogen and oxygen atoms in total. The molecule has 2 atom stereocenters. The molecule has 0 radical (unpaired) electrons. The Morgan fingerprint density at radius 3 is 2.75 bits per heavy atom. The number of aliphatic carboxylic acids is 1. The molecule has 1 heterocycles. The molecule has 126 valence electrons. The van der Waals surface area contributed by atoms with Gasteiger partial charge in [-0.2, -0.15) is 0 Å². The molecular formula is C16H16N2O6. The summed E-state index contributed by atoms with van der Waals surface area (Å²) in [6.45, 7) is 3.51. The first kappa shape index (κ1) is 17.3. The Morgan fingerprint density at radius 2 is 2.17 bits per heavy atom. The van der Waals surface area contributed by atoms with Gasteiger partial charge in [0, 0.05) is 35.4 Å². The van der Waals surface area contributed by atoms with Crippen molar-refractivity contribution in [1.29, 1.82) is 0 Å². The predicted octanol–water partition coefficient (Wildman–Crippen LogP) is 2.30. The monoisotopic (exact) mass is 332 g/mol. The van der Waals surface area contributed by atoms with Gasteiger partial charge in [0.25, 0.3) is 12.2 Å². The van der Waals surface area contributed by atoms with E-state index in [-0.39, 0.29) is 24.3 Å². The summed E-state index contributed by atoms with van der Waals surface area (Å²) >= 11 is 0. The Balaban J connectivity index is 2.60. The van der Waals surface area contributed by atoms with Crippen molar-refractivity contribution in [2.75, 3.05) is 6.61 Å². The molecule has 0 amide bonds. The van der Waals surface area contributed by atoms with E-state index >= 15 is 0 Å². The maximum Gasteiger partial charge on any atom is 0.334 e. The van der Waals surface area contributed by atoms with Crippen molar-refractivity contribution < 1.29 is 24.4 Å². The molecule has 1 aliphatic heterocycles. The van der Waals surface area contributed by atoms with Crippen molar-refractivity contribution in [3.63, 3.8) is 0 Å². The third kappa shape index (κ3) is 3.32. The number of carboxylic acids is 1. The van der Waals surface area contributed by atoms with Crippen LogP contribution in [0, 0.1) is 16.0 Å². The van der Waals surface area contributed by atoms with Crippen molar-refractivity contribution in [2.45, 2.75) is 19.8 Å². The minimum absolute atomic E-state index is 0.0422. The second-order valence-electron chi connectivity index (χ2n) is 5.42. The van der Waals surface area contributed by atoms with Crippen molar-refractivity contribution in [3.05, 3.63) is 51.2 Å². The van der Waals surface area contributed by atoms with E-state index in [1.54, 1.807) is 19.9 Å². The molecule has 1 aliphatic rings. The lowest BCUT2D eigenvalue weighted by molar-refractivity contribution is -0.384. The molecule has 0 saturated carbocycles. The van der Waals surface area contributed by atoms with Gasteiger partial charge in [-0.15, -0.1) is 0 Å². The first-order valence-corrected chi connectivity index (χ1v) is 7.15. The van der Waals surface area contributed by atoms with Crippen LogP contribution in [0.1, 0.15) is 25.3 Å². The van der Waals surface area contributed by atoms with E-state index in [9.17, 15) is 24.8 Å². The van der Waals surface area contributed by atoms with Crippen molar-refractivity contribution in [1.82, 2.24) is 0 Å². The number of non-ortho nitro benzene ring substituents is 1. The number of carbonyl (C=O) groups is 2. The maximum atomic E-state index is 11.7. The fraction of sp³-hybridized carbons (Fsp3) is 0.312. The van der Waals surface area contributed by atoms with Gasteiger partial charge in [0.15, 0.2) is 0 Å². The summed E-state index contributed by atoms with van der Waals surface area (Å²) in [6.07, 6.45) is 0. The van der Waals surface area contributed by atoms with Crippen LogP contribution in [0.4, 0.5) is 5.69 Å². The third-order valence-electron chi connectivity index (χ3n) is 4.00. The SMILES string of the molecule is CC1=NC(C)=C(C(=O)O)C(c2cccc([N+](=O)[O-])c2)C1COC=O. The Bertz CT molecular complexity index is 753. The van der Waals surface area contributed by atoms with E-state index in [1.165, 1.54) is 18.2 Å². The highest BCUT2D eigenvalue weighted by atomic mass is 16.6. The van der Waals surface area contributed by atoms with Crippen LogP contribution in [0.3, 0.4) is 0 Å². The minimum Gasteiger partial charge on any atom is -0.478 e. The molecule has 0 fully saturated rings. The summed E-state index contributed by atoms with van der Waals surface area (Å²) in [5, 5.41) is 20.6. The highest BCUT2D eigenvalue weighted by Gasteiger charge is 2.37. The normalized spacial score (nSPS) is 20.3. The van der Waals surface area contributed by atoms with Crippen LogP contribution in [0.5, 0.6) is 0 Å². The van der Waals surface area contributed by atoms with E-state index in [4.69, 9.17) is 4.74 Å². The molecule has 0 aromatic heterocycles. The van der Waals surface area contributed by atoms with Crippen molar-refractivity contribution in [2.24, 2.45) is 10.9 Å². The molecule has 0 spiro atoms. The van der Waals surface area contributed by atoms with Gasteiger partial charge >= 0.3 is 5.97 Å². The number of hydrogen-bond donors (Lipinski definition) is 1. The largest absolute Gasteiger partial charge is 0.478 e. The number of nitro benzene ring substituents is 1. The predicted molar refractivity (Wildman–Crippen MR) is 84.8 cm³/mol. The first-order valence-electron chi connectivity index (χ1n) is 7.15. The molecule has 2 rings (SSSR count). The number of hydrogen-bond acceptors (Lipinski definition) is 6. The number of benzene rings is 1. The molecular weight excluding hydrogens is 316 g/mol. The molecule has 0 saturated heterocycles. The number of carboxylic acid groups (broad SMARTS) is 1. The highest BCUT2D eigenvalue weighted by Crippen LogP contribution is 2.39. The summed E-state index contributed by atoms with van der Waals surface area (Å²) < 4.78 is 4.83. The topological polar surface area (TPSA) is 119 Å². The van der Waals surface area contributed by atoms with Gasteiger partial charge < -0.3 is 9.84 Å². The summed E-state index contributed by atoms with van der Waals surface area (Å²) in [6, 6.07) is 5.80. The van der Waals surface area contributed by atoms with Gasteiger partial charge in [-0.1, -0.05) is 12.1 Å². The molecule has 1 aromatic rings. The summed E-state index contributed by atoms with van der Waals surface area (Å²) in [7, 11) is 0. The van der Waals surface area contributed by atoms with Crippen LogP contribution in [-0.2, 0) is 14.3 Å². The molecule has 0 aliphatic carbocycles. The molecule has 2 unspecified atom stereocenters. The first-order chi connectivity index (χ1) is 11.4. The molecule has 1 N–H and O–H groups in total. The third-order valence-corrected chi connectivity index (χ3v) is 4.00. The molecule has 0 bridgehead atoms. The van der Waals surface area contributed by atoms with Gasteiger partial charge in [0.1, 0.15) is 0 Å². The number of nitro groups is 1. The number of nitrogens with zero attached hydrogens (tertiary/aromatic N) is 2. The number of carbonyl (C=O) groups excluding carboxylic acids is 1. The van der Waals surface area contributed by atoms with Crippen LogP contribution < -0.4 is 0 Å². The maximum absolute atomic E-state index is 11.7. The van der Waals surface area contributed by atoms with E-state index in [1.807, 2.05) is 0 Å². The molecule has 1 aromatic carbocycles. The quantitative estimate of drug-likeness (QED) is 0.485. The highest BCUT2D eigenvalue weighted by molar-refractivity contribution is 5.96. The number of allylic oxidation sites excluding steroid dienone is 1. The Kier molecular flexibility index (Phi) is 5.08. The van der Waals surface area contributed by atoms with Crippen LogP contribution in [-0.4, -0.2) is 34.8 Å². The summed E-state index contributed by atoms with van der Waals surface area (Å²) in [5.74, 6) is -2.36. The van der Waals surface area contributed by atoms with Gasteiger partial charge in [-0.05, 0) is 19.4 Å². The fourth-order valence-corrected chi connectivity index (χ4v) is 2.95. The second-order valence-corrected chi connectivity index (χ2v) is 5.42. The number of ether oxygens (including phenoxy) is 1. The molecule has 24 heavy (non-hydrogen) atoms. The number of rotatable bonds is 6. The van der Waals surface area contributed by atoms with Gasteiger partial charge in [0.05, 0.1) is 17.1 Å². The standard InChI is InChI=1S/C16H16N2O6/c1-9-13(7-24-8-19)15(14(16(20)21)10(2)17-9)11-4-3-5-12(6-11)18(22)23/h3-6,8,13,15H,7H2,1-2H3,(H,20,21). The summed E-state index contributed by atoms with van der Waals surface area (Å²) in [5.41, 5.74) is 1.31. The fourth-order valence-electron chi connectivity index (χ4n) is 2.95. The number of aliphatic imine (C=N–C) groups is 1. The Morgan fingerprint density at radius 1 is 1.46 bits per heavy atom. The lowest BCUT2D eigenvalue weighted by atomic mass is 9.76. The van der Waals surface area contributed by atoms with Gasteiger partial charge in [-0.25, -0.2) is 4.79 Å². The Hall–Kier alpha value is -3.03. The minimum atomic E-state index is -1.16. The van der Waals surface area contributed by atoms with E-state index < -0.39 is 22.7 Å². The summed E-state index contributed by atoms with van der Waals surface area (Å²) in [4.78, 5) is 37.0. The van der Waals surface area contributed by atoms with Gasteiger partial charge in [0.2, 0.25) is 0 Å². The van der Waals surface area contributed by atoms with Crippen LogP contribution in [0.15, 0.2) is 40.5 Å². The zero-order valence-electron chi connectivity index (χ0n) is 13.1. The van der Waals surface area contributed by atoms with E-state index in [2.05, 4.69) is 4.99 Å². The van der Waals surface area contributed by atoms with Crippen molar-refractivity contribution >= 4 is 23.8 Å². The van der Waals surface area contributed by atoms with Crippen molar-refractivity contribution in [3.8, 4) is 0 Å². The lowest BCUT2D eigenvalue weighted by Gasteiger charge is -2.31. The van der Waals surface area contributed by atoms with Crippen LogP contribution in [0.2, 0.25) is 0 Å². The lowest BCUT2D eigenvalue weighted by Crippen LogP contribution is -2.32. The zero-order valence-corrected chi connectivity index (χ0v) is 13.1. The smallest absolute Gasteiger partial charge is 0.334 e. The average molecular weight is 332 g/mol. The average Bonchev–Trinajstić information content (AvgIpc) is 2.53. The zero-order chi connectivity index (χ0) is 17.9. The van der Waals surface area contributed by atoms with Gasteiger partial charge in [-0.3, -0.25) is 19.9 Å². The molecule has 8 heteroatoms. The van der Waals surface area contributed by atoms with Crippen LogP contribution >= 0.6 is 0 Å².